The highest BCUT2D eigenvalue weighted by Gasteiger charge is 2.17. The summed E-state index contributed by atoms with van der Waals surface area (Å²) < 4.78 is 7.83. The normalized spacial score (nSPS) is 18.1. The van der Waals surface area contributed by atoms with E-state index in [1.54, 1.807) is 5.57 Å². The molecule has 0 spiro atoms. The Balaban J connectivity index is 1.37. The molecule has 1 aromatic carbocycles. The lowest BCUT2D eigenvalue weighted by Crippen LogP contribution is -2.36. The molecule has 0 unspecified atom stereocenters. The number of pyridine rings is 1. The third-order valence-corrected chi connectivity index (χ3v) is 7.28. The van der Waals surface area contributed by atoms with E-state index in [-0.39, 0.29) is 0 Å². The molecule has 0 saturated carbocycles. The number of ether oxygens (including phenoxy) is 1. The van der Waals surface area contributed by atoms with Crippen LogP contribution in [0.2, 0.25) is 0 Å². The fourth-order valence-electron chi connectivity index (χ4n) is 5.18. The number of benzene rings is 1. The molecule has 1 fully saturated rings. The van der Waals surface area contributed by atoms with Crippen molar-refractivity contribution in [1.82, 2.24) is 14.5 Å². The Kier molecular flexibility index (Phi) is 6.52. The van der Waals surface area contributed by atoms with E-state index < -0.39 is 0 Å². The van der Waals surface area contributed by atoms with Crippen LogP contribution in [0, 0.1) is 5.92 Å². The molecule has 5 rings (SSSR count). The van der Waals surface area contributed by atoms with Crippen molar-refractivity contribution in [3.63, 3.8) is 0 Å². The standard InChI is InChI=1S/C28H36N4O/c1-21(2)22-5-4-13-32(14-11-22)24-8-6-23(7-9-24)28-26-19-25(20-31-15-17-33-18-16-31)30(3)27(26)10-12-29-28/h5-10,12,19,21H,4,11,13-18,20H2,1-3H3. The fraction of sp³-hybridized carbons (Fsp3) is 0.464. The first-order valence-corrected chi connectivity index (χ1v) is 12.4. The average Bonchev–Trinajstić information content (AvgIpc) is 3.01. The van der Waals surface area contributed by atoms with Crippen LogP contribution in [-0.4, -0.2) is 53.8 Å². The van der Waals surface area contributed by atoms with Crippen molar-refractivity contribution in [3.8, 4) is 11.3 Å². The number of aromatic nitrogens is 2. The number of morpholine rings is 1. The quantitative estimate of drug-likeness (QED) is 0.503. The fourth-order valence-corrected chi connectivity index (χ4v) is 5.18. The second-order valence-corrected chi connectivity index (χ2v) is 9.68. The Labute approximate surface area is 197 Å². The van der Waals surface area contributed by atoms with Gasteiger partial charge in [0.2, 0.25) is 0 Å². The van der Waals surface area contributed by atoms with Crippen LogP contribution in [-0.2, 0) is 18.3 Å². The SMILES string of the molecule is CC(C)C1=CCCN(c2ccc(-c3nccc4c3cc(CN3CCOCC3)n4C)cc2)CC1. The molecule has 174 valence electrons. The Hall–Kier alpha value is -2.63. The molecule has 0 atom stereocenters. The van der Waals surface area contributed by atoms with Crippen LogP contribution >= 0.6 is 0 Å². The predicted molar refractivity (Wildman–Crippen MR) is 137 cm³/mol. The Morgan fingerprint density at radius 3 is 2.55 bits per heavy atom. The summed E-state index contributed by atoms with van der Waals surface area (Å²) in [5.41, 5.74) is 7.74. The van der Waals surface area contributed by atoms with Crippen molar-refractivity contribution < 1.29 is 4.74 Å². The van der Waals surface area contributed by atoms with Crippen LogP contribution in [0.3, 0.4) is 0 Å². The molecule has 0 radical (unpaired) electrons. The summed E-state index contributed by atoms with van der Waals surface area (Å²) in [7, 11) is 2.17. The van der Waals surface area contributed by atoms with Gasteiger partial charge in [0.15, 0.2) is 0 Å². The van der Waals surface area contributed by atoms with Gasteiger partial charge < -0.3 is 14.2 Å². The number of fused-ring (bicyclic) bond motifs is 1. The van der Waals surface area contributed by atoms with E-state index in [0.717, 1.165) is 64.5 Å². The van der Waals surface area contributed by atoms with E-state index in [4.69, 9.17) is 9.72 Å². The monoisotopic (exact) mass is 444 g/mol. The van der Waals surface area contributed by atoms with Crippen molar-refractivity contribution >= 4 is 16.6 Å². The second-order valence-electron chi connectivity index (χ2n) is 9.68. The largest absolute Gasteiger partial charge is 0.379 e. The Morgan fingerprint density at radius 1 is 1.00 bits per heavy atom. The van der Waals surface area contributed by atoms with Gasteiger partial charge in [-0.2, -0.15) is 0 Å². The molecule has 4 heterocycles. The van der Waals surface area contributed by atoms with Gasteiger partial charge in [-0.15, -0.1) is 0 Å². The van der Waals surface area contributed by atoms with Gasteiger partial charge in [-0.3, -0.25) is 9.88 Å². The second kappa shape index (κ2) is 9.70. The molecular formula is C28H36N4O. The van der Waals surface area contributed by atoms with Crippen LogP contribution in [0.1, 0.15) is 32.4 Å². The number of nitrogens with zero attached hydrogens (tertiary/aromatic N) is 4. The first kappa shape index (κ1) is 22.2. The number of hydrogen-bond acceptors (Lipinski definition) is 4. The molecule has 5 nitrogen and oxygen atoms in total. The summed E-state index contributed by atoms with van der Waals surface area (Å²) in [5.74, 6) is 0.651. The van der Waals surface area contributed by atoms with Crippen LogP contribution in [0.5, 0.6) is 0 Å². The first-order chi connectivity index (χ1) is 16.1. The van der Waals surface area contributed by atoms with E-state index in [1.807, 2.05) is 6.20 Å². The smallest absolute Gasteiger partial charge is 0.0795 e. The van der Waals surface area contributed by atoms with Crippen LogP contribution < -0.4 is 4.90 Å². The molecule has 0 N–H and O–H groups in total. The number of hydrogen-bond donors (Lipinski definition) is 0. The van der Waals surface area contributed by atoms with E-state index in [1.165, 1.54) is 27.8 Å². The summed E-state index contributed by atoms with van der Waals surface area (Å²) in [6.07, 6.45) is 6.69. The highest BCUT2D eigenvalue weighted by atomic mass is 16.5. The minimum absolute atomic E-state index is 0.651. The molecule has 2 aliphatic heterocycles. The summed E-state index contributed by atoms with van der Waals surface area (Å²) in [5, 5.41) is 1.23. The zero-order chi connectivity index (χ0) is 22.8. The lowest BCUT2D eigenvalue weighted by molar-refractivity contribution is 0.0333. The minimum atomic E-state index is 0.651. The van der Waals surface area contributed by atoms with Crippen molar-refractivity contribution in [3.05, 3.63) is 59.9 Å². The molecule has 1 saturated heterocycles. The summed E-state index contributed by atoms with van der Waals surface area (Å²) in [6, 6.07) is 13.5. The average molecular weight is 445 g/mol. The van der Waals surface area contributed by atoms with Gasteiger partial charge in [-0.1, -0.05) is 37.6 Å². The van der Waals surface area contributed by atoms with Gasteiger partial charge in [-0.05, 0) is 43.0 Å². The van der Waals surface area contributed by atoms with Gasteiger partial charge >= 0.3 is 0 Å². The molecule has 2 aromatic heterocycles. The number of aryl methyl sites for hydroxylation is 1. The van der Waals surface area contributed by atoms with Crippen molar-refractivity contribution in [2.24, 2.45) is 13.0 Å². The molecule has 33 heavy (non-hydrogen) atoms. The lowest BCUT2D eigenvalue weighted by atomic mass is 10.00. The lowest BCUT2D eigenvalue weighted by Gasteiger charge is -2.26. The van der Waals surface area contributed by atoms with Gasteiger partial charge in [0.25, 0.3) is 0 Å². The molecule has 5 heteroatoms. The van der Waals surface area contributed by atoms with Crippen LogP contribution in [0.15, 0.2) is 54.2 Å². The third-order valence-electron chi connectivity index (χ3n) is 7.28. The predicted octanol–water partition coefficient (Wildman–Crippen LogP) is 5.26. The molecule has 0 amide bonds. The highest BCUT2D eigenvalue weighted by molar-refractivity contribution is 5.94. The van der Waals surface area contributed by atoms with E-state index in [9.17, 15) is 0 Å². The summed E-state index contributed by atoms with van der Waals surface area (Å²) in [4.78, 5) is 9.79. The zero-order valence-electron chi connectivity index (χ0n) is 20.3. The maximum atomic E-state index is 5.51. The molecule has 3 aromatic rings. The molecule has 0 aliphatic carbocycles. The van der Waals surface area contributed by atoms with E-state index >= 15 is 0 Å². The van der Waals surface area contributed by atoms with E-state index in [2.05, 4.69) is 77.7 Å². The maximum absolute atomic E-state index is 5.51. The van der Waals surface area contributed by atoms with Crippen molar-refractivity contribution in [2.45, 2.75) is 33.2 Å². The third kappa shape index (κ3) is 4.71. The Morgan fingerprint density at radius 2 is 1.79 bits per heavy atom. The molecule has 0 bridgehead atoms. The molecule has 2 aliphatic rings. The van der Waals surface area contributed by atoms with Crippen LogP contribution in [0.25, 0.3) is 22.2 Å². The molecular weight excluding hydrogens is 408 g/mol. The number of anilines is 1. The van der Waals surface area contributed by atoms with Crippen LogP contribution in [0.4, 0.5) is 5.69 Å². The number of rotatable bonds is 5. The van der Waals surface area contributed by atoms with Gasteiger partial charge in [0.05, 0.1) is 24.4 Å². The minimum Gasteiger partial charge on any atom is -0.379 e. The highest BCUT2D eigenvalue weighted by Crippen LogP contribution is 2.31. The summed E-state index contributed by atoms with van der Waals surface area (Å²) in [6.45, 7) is 11.4. The summed E-state index contributed by atoms with van der Waals surface area (Å²) >= 11 is 0. The van der Waals surface area contributed by atoms with E-state index in [0.29, 0.717) is 5.92 Å². The van der Waals surface area contributed by atoms with Gasteiger partial charge in [-0.25, -0.2) is 0 Å². The Bertz CT molecular complexity index is 1120. The zero-order valence-corrected chi connectivity index (χ0v) is 20.3. The van der Waals surface area contributed by atoms with Gasteiger partial charge in [0, 0.05) is 68.3 Å². The topological polar surface area (TPSA) is 33.5 Å². The maximum Gasteiger partial charge on any atom is 0.0795 e. The first-order valence-electron chi connectivity index (χ1n) is 12.4. The van der Waals surface area contributed by atoms with Crippen molar-refractivity contribution in [1.29, 1.82) is 0 Å². The van der Waals surface area contributed by atoms with Crippen molar-refractivity contribution in [2.75, 3.05) is 44.3 Å². The van der Waals surface area contributed by atoms with Gasteiger partial charge in [0.1, 0.15) is 0 Å².